The summed E-state index contributed by atoms with van der Waals surface area (Å²) in [6.45, 7) is 0. The summed E-state index contributed by atoms with van der Waals surface area (Å²) in [5, 5.41) is 3.31. The summed E-state index contributed by atoms with van der Waals surface area (Å²) in [5.74, 6) is 7.22. The van der Waals surface area contributed by atoms with Gasteiger partial charge in [-0.05, 0) is 71.1 Å². The minimum atomic E-state index is -0.256. The number of carbonyl (C=O) groups excluding carboxylic acids is 1. The number of rotatable bonds is 3. The fourth-order valence-corrected chi connectivity index (χ4v) is 3.84. The molecule has 0 saturated heterocycles. The van der Waals surface area contributed by atoms with E-state index < -0.39 is 0 Å². The number of hydrogen-bond donors (Lipinski definition) is 2. The van der Waals surface area contributed by atoms with E-state index >= 15 is 0 Å². The highest BCUT2D eigenvalue weighted by Crippen LogP contribution is 2.43. The van der Waals surface area contributed by atoms with E-state index in [9.17, 15) is 4.79 Å². The van der Waals surface area contributed by atoms with Gasteiger partial charge in [0.2, 0.25) is 0 Å². The molecular formula is C23H18BrClN4O. The molecule has 1 aliphatic rings. The van der Waals surface area contributed by atoms with Crippen LogP contribution in [0.5, 0.6) is 0 Å². The number of aromatic nitrogens is 2. The van der Waals surface area contributed by atoms with Crippen LogP contribution in [-0.4, -0.2) is 15.9 Å². The van der Waals surface area contributed by atoms with Crippen molar-refractivity contribution in [2.45, 2.75) is 24.7 Å². The van der Waals surface area contributed by atoms with Crippen molar-refractivity contribution in [3.05, 3.63) is 81.0 Å². The van der Waals surface area contributed by atoms with E-state index in [0.717, 1.165) is 29.3 Å². The van der Waals surface area contributed by atoms with Gasteiger partial charge in [0.15, 0.2) is 0 Å². The van der Waals surface area contributed by atoms with Gasteiger partial charge >= 0.3 is 0 Å². The first-order chi connectivity index (χ1) is 14.4. The van der Waals surface area contributed by atoms with Gasteiger partial charge in [0.1, 0.15) is 11.6 Å². The molecule has 1 saturated carbocycles. The van der Waals surface area contributed by atoms with Crippen LogP contribution in [0, 0.1) is 11.8 Å². The maximum atomic E-state index is 12.4. The van der Waals surface area contributed by atoms with Crippen molar-refractivity contribution in [3.8, 4) is 11.8 Å². The Morgan fingerprint density at radius 1 is 1.17 bits per heavy atom. The summed E-state index contributed by atoms with van der Waals surface area (Å²) in [5.41, 5.74) is 7.91. The van der Waals surface area contributed by atoms with Crippen LogP contribution in [0.2, 0.25) is 5.02 Å². The fourth-order valence-electron chi connectivity index (χ4n) is 3.32. The van der Waals surface area contributed by atoms with Crippen molar-refractivity contribution in [2.24, 2.45) is 0 Å². The van der Waals surface area contributed by atoms with Gasteiger partial charge in [0.05, 0.1) is 11.0 Å². The number of amides is 1. The number of hydrogen-bond acceptors (Lipinski definition) is 4. The summed E-state index contributed by atoms with van der Waals surface area (Å²) in [4.78, 5) is 20.9. The Kier molecular flexibility index (Phi) is 5.76. The van der Waals surface area contributed by atoms with Crippen molar-refractivity contribution >= 4 is 45.1 Å². The van der Waals surface area contributed by atoms with Crippen molar-refractivity contribution in [1.29, 1.82) is 0 Å². The van der Waals surface area contributed by atoms with Crippen LogP contribution in [0.4, 0.5) is 11.6 Å². The van der Waals surface area contributed by atoms with Crippen LogP contribution in [0.15, 0.2) is 59.3 Å². The molecule has 7 heteroatoms. The molecule has 0 unspecified atom stereocenters. The average Bonchev–Trinajstić information content (AvgIpc) is 2.70. The maximum Gasteiger partial charge on any atom is 0.256 e. The van der Waals surface area contributed by atoms with Crippen molar-refractivity contribution in [1.82, 2.24) is 9.97 Å². The zero-order chi connectivity index (χ0) is 21.1. The third-order valence-corrected chi connectivity index (χ3v) is 5.84. The average molecular weight is 482 g/mol. The third-order valence-electron chi connectivity index (χ3n) is 5.17. The third kappa shape index (κ3) is 4.33. The van der Waals surface area contributed by atoms with Gasteiger partial charge in [-0.2, -0.15) is 0 Å². The van der Waals surface area contributed by atoms with Crippen LogP contribution < -0.4 is 11.1 Å². The van der Waals surface area contributed by atoms with Gasteiger partial charge in [0.25, 0.3) is 5.91 Å². The van der Waals surface area contributed by atoms with Crippen molar-refractivity contribution in [2.75, 3.05) is 11.1 Å². The highest BCUT2D eigenvalue weighted by atomic mass is 79.9. The largest absolute Gasteiger partial charge is 0.383 e. The number of halogens is 2. The number of nitrogen functional groups attached to an aromatic ring is 1. The second-order valence-corrected chi connectivity index (χ2v) is 8.52. The molecule has 3 aromatic rings. The van der Waals surface area contributed by atoms with Gasteiger partial charge in [-0.3, -0.25) is 4.79 Å². The molecule has 0 aliphatic heterocycles. The highest BCUT2D eigenvalue weighted by Gasteiger charge is 2.37. The Morgan fingerprint density at radius 2 is 2.00 bits per heavy atom. The molecule has 0 bridgehead atoms. The molecule has 150 valence electrons. The summed E-state index contributed by atoms with van der Waals surface area (Å²) in [7, 11) is 0. The SMILES string of the molecule is Nc1ncc(Br)cc1C#CC1(c2ccc(NC(=O)c3cccc(Cl)c3)nc2)CCC1. The van der Waals surface area contributed by atoms with E-state index in [0.29, 0.717) is 27.8 Å². The second kappa shape index (κ2) is 8.47. The predicted octanol–water partition coefficient (Wildman–Crippen LogP) is 5.20. The summed E-state index contributed by atoms with van der Waals surface area (Å²) < 4.78 is 0.838. The molecular weight excluding hydrogens is 464 g/mol. The van der Waals surface area contributed by atoms with E-state index in [1.54, 1.807) is 42.7 Å². The number of anilines is 2. The van der Waals surface area contributed by atoms with Crippen LogP contribution in [0.25, 0.3) is 0 Å². The Balaban J connectivity index is 1.53. The van der Waals surface area contributed by atoms with Crippen molar-refractivity contribution < 1.29 is 4.79 Å². The number of pyridine rings is 2. The van der Waals surface area contributed by atoms with E-state index in [2.05, 4.69) is 43.1 Å². The minimum Gasteiger partial charge on any atom is -0.383 e. The van der Waals surface area contributed by atoms with E-state index in [4.69, 9.17) is 17.3 Å². The van der Waals surface area contributed by atoms with Crippen LogP contribution in [0.3, 0.4) is 0 Å². The Hall–Kier alpha value is -2.88. The molecule has 3 N–H and O–H groups in total. The molecule has 1 amide bonds. The molecule has 4 rings (SSSR count). The molecule has 2 aromatic heterocycles. The molecule has 1 fully saturated rings. The summed E-state index contributed by atoms with van der Waals surface area (Å²) in [6, 6.07) is 12.4. The second-order valence-electron chi connectivity index (χ2n) is 7.17. The molecule has 0 spiro atoms. The van der Waals surface area contributed by atoms with Crippen LogP contribution in [-0.2, 0) is 5.41 Å². The van der Waals surface area contributed by atoms with Gasteiger partial charge in [-0.1, -0.05) is 35.6 Å². The lowest BCUT2D eigenvalue weighted by Gasteiger charge is -2.37. The van der Waals surface area contributed by atoms with Gasteiger partial charge in [-0.15, -0.1) is 0 Å². The van der Waals surface area contributed by atoms with Gasteiger partial charge in [0, 0.05) is 27.5 Å². The molecule has 30 heavy (non-hydrogen) atoms. The lowest BCUT2D eigenvalue weighted by molar-refractivity contribution is 0.102. The number of nitrogens with one attached hydrogen (secondary N) is 1. The first-order valence-corrected chi connectivity index (χ1v) is 10.6. The number of nitrogens with zero attached hydrogens (tertiary/aromatic N) is 2. The topological polar surface area (TPSA) is 80.9 Å². The maximum absolute atomic E-state index is 12.4. The Bertz CT molecular complexity index is 1160. The zero-order valence-electron chi connectivity index (χ0n) is 16.0. The Morgan fingerprint density at radius 3 is 2.67 bits per heavy atom. The zero-order valence-corrected chi connectivity index (χ0v) is 18.3. The predicted molar refractivity (Wildman–Crippen MR) is 122 cm³/mol. The normalized spacial score (nSPS) is 14.2. The van der Waals surface area contributed by atoms with Crippen LogP contribution in [0.1, 0.15) is 40.7 Å². The quantitative estimate of drug-likeness (QED) is 0.504. The summed E-state index contributed by atoms with van der Waals surface area (Å²) in [6.07, 6.45) is 6.45. The molecule has 1 aliphatic carbocycles. The standard InChI is InChI=1S/C23H18BrClN4O/c24-18-11-15(21(26)28-14-18)7-10-23(8-2-9-23)17-5-6-20(27-13-17)29-22(30)16-3-1-4-19(25)12-16/h1,3-6,11-14H,2,8-9H2,(H2,26,28)(H,27,29,30). The molecule has 0 atom stereocenters. The monoisotopic (exact) mass is 480 g/mol. The number of benzene rings is 1. The van der Waals surface area contributed by atoms with E-state index in [1.807, 2.05) is 12.1 Å². The molecule has 0 radical (unpaired) electrons. The minimum absolute atomic E-state index is 0.253. The lowest BCUT2D eigenvalue weighted by Crippen LogP contribution is -2.32. The summed E-state index contributed by atoms with van der Waals surface area (Å²) >= 11 is 9.36. The smallest absolute Gasteiger partial charge is 0.256 e. The van der Waals surface area contributed by atoms with E-state index in [1.165, 1.54) is 0 Å². The number of carbonyl (C=O) groups is 1. The van der Waals surface area contributed by atoms with Gasteiger partial charge < -0.3 is 11.1 Å². The number of nitrogens with two attached hydrogens (primary N) is 1. The van der Waals surface area contributed by atoms with Crippen molar-refractivity contribution in [3.63, 3.8) is 0 Å². The first kappa shape index (κ1) is 20.4. The van der Waals surface area contributed by atoms with E-state index in [-0.39, 0.29) is 11.3 Å². The lowest BCUT2D eigenvalue weighted by atomic mass is 9.65. The van der Waals surface area contributed by atoms with Crippen LogP contribution >= 0.6 is 27.5 Å². The molecule has 5 nitrogen and oxygen atoms in total. The van der Waals surface area contributed by atoms with Gasteiger partial charge in [-0.25, -0.2) is 9.97 Å². The fraction of sp³-hybridized carbons (Fsp3) is 0.174. The molecule has 1 aromatic carbocycles. The Labute approximate surface area is 188 Å². The first-order valence-electron chi connectivity index (χ1n) is 9.43. The molecule has 2 heterocycles. The highest BCUT2D eigenvalue weighted by molar-refractivity contribution is 9.10.